The third-order valence-corrected chi connectivity index (χ3v) is 6.80. The summed E-state index contributed by atoms with van der Waals surface area (Å²) < 4.78 is 5.86. The number of nitrogens with zero attached hydrogens (tertiary/aromatic N) is 5. The van der Waals surface area contributed by atoms with Gasteiger partial charge in [-0.1, -0.05) is 0 Å². The second kappa shape index (κ2) is 20.5. The van der Waals surface area contributed by atoms with Gasteiger partial charge in [-0.3, -0.25) is 43.6 Å². The van der Waals surface area contributed by atoms with Crippen LogP contribution in [0.4, 0.5) is 0 Å². The highest BCUT2D eigenvalue weighted by atomic mass is 16.7. The van der Waals surface area contributed by atoms with E-state index < -0.39 is 17.9 Å². The molecule has 0 aromatic heterocycles. The summed E-state index contributed by atoms with van der Waals surface area (Å²) >= 11 is 0. The highest BCUT2D eigenvalue weighted by Gasteiger charge is 2.22. The molecule has 1 amide bonds. The van der Waals surface area contributed by atoms with Gasteiger partial charge in [-0.25, -0.2) is 0 Å². The van der Waals surface area contributed by atoms with Crippen molar-refractivity contribution < 1.29 is 44.1 Å². The lowest BCUT2D eigenvalue weighted by Crippen LogP contribution is -2.50. The van der Waals surface area contributed by atoms with Crippen LogP contribution in [0.2, 0.25) is 0 Å². The first kappa shape index (κ1) is 37.6. The van der Waals surface area contributed by atoms with E-state index in [0.717, 1.165) is 13.0 Å². The number of carbonyl (C=O) groups is 4. The smallest absolute Gasteiger partial charge is 0.317 e. The minimum absolute atomic E-state index is 0.0202. The molecule has 0 bridgehead atoms. The van der Waals surface area contributed by atoms with E-state index in [1.165, 1.54) is 0 Å². The molecule has 0 saturated carbocycles. The van der Waals surface area contributed by atoms with Crippen LogP contribution in [0, 0.1) is 0 Å². The van der Waals surface area contributed by atoms with Crippen LogP contribution in [0.15, 0.2) is 0 Å². The van der Waals surface area contributed by atoms with Crippen molar-refractivity contribution in [3.63, 3.8) is 0 Å². The fourth-order valence-corrected chi connectivity index (χ4v) is 4.26. The number of likely N-dealkylation sites (N-methyl/N-ethyl adjacent to an activating group) is 1. The van der Waals surface area contributed by atoms with Crippen molar-refractivity contribution in [3.8, 4) is 0 Å². The van der Waals surface area contributed by atoms with Crippen molar-refractivity contribution >= 4 is 23.8 Å². The second-order valence-electron chi connectivity index (χ2n) is 11.0. The van der Waals surface area contributed by atoms with Crippen LogP contribution < -0.4 is 10.6 Å². The number of carbonyl (C=O) groups excluding carboxylic acids is 1. The molecular weight excluding hydrogens is 554 g/mol. The van der Waals surface area contributed by atoms with Crippen molar-refractivity contribution in [2.45, 2.75) is 25.9 Å². The number of aliphatic carboxylic acids is 3. The predicted molar refractivity (Wildman–Crippen MR) is 154 cm³/mol. The molecule has 1 saturated heterocycles. The van der Waals surface area contributed by atoms with E-state index in [-0.39, 0.29) is 44.4 Å². The van der Waals surface area contributed by atoms with Crippen LogP contribution in [0.25, 0.3) is 0 Å². The van der Waals surface area contributed by atoms with Crippen molar-refractivity contribution in [1.82, 2.24) is 35.3 Å². The van der Waals surface area contributed by atoms with Gasteiger partial charge in [-0.05, 0) is 27.3 Å². The van der Waals surface area contributed by atoms with Gasteiger partial charge in [0.25, 0.3) is 0 Å². The van der Waals surface area contributed by atoms with Gasteiger partial charge < -0.3 is 30.7 Å². The highest BCUT2D eigenvalue weighted by Crippen LogP contribution is 2.14. The summed E-state index contributed by atoms with van der Waals surface area (Å²) in [6, 6.07) is 0. The quantitative estimate of drug-likeness (QED) is 0.0643. The van der Waals surface area contributed by atoms with Gasteiger partial charge in [0.15, 0.2) is 0 Å². The molecule has 0 aromatic carbocycles. The molecule has 0 radical (unpaired) electrons. The zero-order valence-electron chi connectivity index (χ0n) is 25.5. The molecule has 1 aliphatic heterocycles. The van der Waals surface area contributed by atoms with Crippen LogP contribution in [0.5, 0.6) is 0 Å². The number of carboxylic acids is 3. The molecule has 42 heavy (non-hydrogen) atoms. The molecule has 0 atom stereocenters. The van der Waals surface area contributed by atoms with Gasteiger partial charge >= 0.3 is 17.9 Å². The Hall–Kier alpha value is -2.44. The van der Waals surface area contributed by atoms with Gasteiger partial charge in [0.2, 0.25) is 5.91 Å². The third-order valence-electron chi connectivity index (χ3n) is 6.80. The Labute approximate surface area is 248 Å². The Balaban J connectivity index is 2.70. The summed E-state index contributed by atoms with van der Waals surface area (Å²) in [7, 11) is 3.64. The summed E-state index contributed by atoms with van der Waals surface area (Å²) in [6.07, 6.45) is 0.725. The fourth-order valence-electron chi connectivity index (χ4n) is 4.26. The van der Waals surface area contributed by atoms with Crippen LogP contribution in [0.1, 0.15) is 20.3 Å². The first-order valence-corrected chi connectivity index (χ1v) is 14.2. The van der Waals surface area contributed by atoms with E-state index in [1.54, 1.807) is 26.8 Å². The van der Waals surface area contributed by atoms with Gasteiger partial charge in [-0.2, -0.15) is 5.06 Å². The normalized spacial score (nSPS) is 17.5. The fraction of sp³-hybridized carbons (Fsp3) is 0.846. The lowest BCUT2D eigenvalue weighted by Gasteiger charge is -2.32. The Morgan fingerprint density at radius 3 is 1.55 bits per heavy atom. The SMILES string of the molecule is CNCCOC(C)(C)CCN(C)OCNC(=O)CN1CCN(CC(=O)O)CCN(CC(=O)O)CCN(CC(=O)O)CC1. The number of carboxylic acid groups (broad SMARTS) is 3. The topological polar surface area (TPSA) is 188 Å². The van der Waals surface area contributed by atoms with Crippen LogP contribution in [-0.2, 0) is 28.8 Å². The summed E-state index contributed by atoms with van der Waals surface area (Å²) in [5.74, 6) is -3.30. The number of hydrogen-bond donors (Lipinski definition) is 5. The van der Waals surface area contributed by atoms with E-state index in [9.17, 15) is 34.5 Å². The molecule has 1 rings (SSSR count). The number of hydroxylamine groups is 2. The number of ether oxygens (including phenoxy) is 1. The zero-order valence-corrected chi connectivity index (χ0v) is 25.5. The molecule has 1 heterocycles. The molecule has 244 valence electrons. The lowest BCUT2D eigenvalue weighted by atomic mass is 10.1. The van der Waals surface area contributed by atoms with E-state index in [4.69, 9.17) is 9.57 Å². The summed E-state index contributed by atoms with van der Waals surface area (Å²) in [4.78, 5) is 59.5. The Morgan fingerprint density at radius 2 is 1.17 bits per heavy atom. The van der Waals surface area contributed by atoms with Gasteiger partial charge in [0.1, 0.15) is 6.73 Å². The molecule has 1 aliphatic rings. The number of nitrogens with one attached hydrogen (secondary N) is 2. The minimum Gasteiger partial charge on any atom is -0.480 e. The molecule has 0 unspecified atom stereocenters. The van der Waals surface area contributed by atoms with Crippen LogP contribution in [-0.4, -0.2) is 188 Å². The molecule has 0 aromatic rings. The van der Waals surface area contributed by atoms with Crippen molar-refractivity contribution in [2.75, 3.05) is 119 Å². The zero-order chi connectivity index (χ0) is 31.5. The van der Waals surface area contributed by atoms with Crippen LogP contribution >= 0.6 is 0 Å². The average molecular weight is 606 g/mol. The van der Waals surface area contributed by atoms with Crippen LogP contribution in [0.3, 0.4) is 0 Å². The predicted octanol–water partition coefficient (Wildman–Crippen LogP) is -2.20. The standard InChI is InChI=1S/C26H51N7O9/c1-26(2,41-16-6-27-3)5-7-29(4)42-21-28-22(34)17-30-8-10-31(18-23(35)36)12-14-33(20-25(39)40)15-13-32(11-9-30)19-24(37)38/h27H,5-21H2,1-4H3,(H,28,34)(H,35,36)(H,37,38)(H,39,40). The largest absolute Gasteiger partial charge is 0.480 e. The molecule has 1 fully saturated rings. The first-order valence-electron chi connectivity index (χ1n) is 14.2. The number of rotatable bonds is 18. The molecule has 16 nitrogen and oxygen atoms in total. The van der Waals surface area contributed by atoms with Crippen molar-refractivity contribution in [3.05, 3.63) is 0 Å². The number of amides is 1. The monoisotopic (exact) mass is 605 g/mol. The maximum atomic E-state index is 12.7. The van der Waals surface area contributed by atoms with Gasteiger partial charge in [0.05, 0.1) is 38.4 Å². The summed E-state index contributed by atoms with van der Waals surface area (Å²) in [5, 5.41) is 35.4. The van der Waals surface area contributed by atoms with E-state index >= 15 is 0 Å². The second-order valence-corrected chi connectivity index (χ2v) is 11.0. The molecule has 0 aliphatic carbocycles. The van der Waals surface area contributed by atoms with E-state index in [1.807, 2.05) is 25.8 Å². The van der Waals surface area contributed by atoms with Gasteiger partial charge in [-0.15, -0.1) is 0 Å². The maximum absolute atomic E-state index is 12.7. The van der Waals surface area contributed by atoms with Crippen molar-refractivity contribution in [2.24, 2.45) is 0 Å². The van der Waals surface area contributed by atoms with E-state index in [0.29, 0.717) is 65.5 Å². The van der Waals surface area contributed by atoms with Gasteiger partial charge in [0, 0.05) is 72.5 Å². The minimum atomic E-state index is -1.01. The number of hydrogen-bond acceptors (Lipinski definition) is 12. The summed E-state index contributed by atoms with van der Waals surface area (Å²) in [6.45, 7) is 7.97. The molecule has 5 N–H and O–H groups in total. The maximum Gasteiger partial charge on any atom is 0.317 e. The summed E-state index contributed by atoms with van der Waals surface area (Å²) in [5.41, 5.74) is -0.323. The highest BCUT2D eigenvalue weighted by molar-refractivity contribution is 5.77. The third kappa shape index (κ3) is 18.9. The first-order chi connectivity index (χ1) is 19.8. The Bertz CT molecular complexity index is 802. The molecular formula is C26H51N7O9. The lowest BCUT2D eigenvalue weighted by molar-refractivity contribution is -0.161. The molecule has 16 heteroatoms. The average Bonchev–Trinajstić information content (AvgIpc) is 2.88. The Kier molecular flexibility index (Phi) is 18.3. The molecule has 0 spiro atoms. The Morgan fingerprint density at radius 1 is 0.762 bits per heavy atom. The van der Waals surface area contributed by atoms with E-state index in [2.05, 4.69) is 10.6 Å². The van der Waals surface area contributed by atoms with Crippen molar-refractivity contribution in [1.29, 1.82) is 0 Å².